The number of carbonyl (C=O) groups is 1. The normalized spacial score (nSPS) is 31.2. The van der Waals surface area contributed by atoms with Crippen LogP contribution in [-0.2, 0) is 4.79 Å². The topological polar surface area (TPSA) is 41.1 Å². The van der Waals surface area contributed by atoms with Crippen molar-refractivity contribution in [1.29, 1.82) is 0 Å². The molecule has 0 spiro atoms. The second kappa shape index (κ2) is 5.17. The van der Waals surface area contributed by atoms with Crippen LogP contribution in [0.2, 0.25) is 0 Å². The molecule has 0 aromatic carbocycles. The lowest BCUT2D eigenvalue weighted by Gasteiger charge is -2.35. The van der Waals surface area contributed by atoms with E-state index in [1.54, 1.807) is 0 Å². The van der Waals surface area contributed by atoms with Gasteiger partial charge in [0.1, 0.15) is 0 Å². The summed E-state index contributed by atoms with van der Waals surface area (Å²) in [7, 11) is 0. The van der Waals surface area contributed by atoms with E-state index < -0.39 is 0 Å². The van der Waals surface area contributed by atoms with Crippen molar-refractivity contribution >= 4 is 5.91 Å². The van der Waals surface area contributed by atoms with Gasteiger partial charge in [0.25, 0.3) is 0 Å². The molecule has 0 radical (unpaired) electrons. The lowest BCUT2D eigenvalue weighted by atomic mass is 9.90. The van der Waals surface area contributed by atoms with Crippen molar-refractivity contribution in [3.05, 3.63) is 0 Å². The van der Waals surface area contributed by atoms with Gasteiger partial charge in [-0.3, -0.25) is 4.79 Å². The summed E-state index contributed by atoms with van der Waals surface area (Å²) in [5.74, 6) is 0.181. The first-order valence-corrected chi connectivity index (χ1v) is 6.33. The summed E-state index contributed by atoms with van der Waals surface area (Å²) < 4.78 is 0. The van der Waals surface area contributed by atoms with Gasteiger partial charge in [-0.15, -0.1) is 0 Å². The molecule has 0 aliphatic carbocycles. The third-order valence-electron chi connectivity index (χ3n) is 3.10. The molecule has 94 valence electrons. The number of nitrogens with one attached hydrogen (secondary N) is 2. The molecule has 1 amide bonds. The Morgan fingerprint density at radius 3 is 2.44 bits per heavy atom. The molecule has 3 unspecified atom stereocenters. The van der Waals surface area contributed by atoms with E-state index in [-0.39, 0.29) is 11.3 Å². The van der Waals surface area contributed by atoms with Crippen LogP contribution in [0.3, 0.4) is 0 Å². The number of amides is 1. The minimum Gasteiger partial charge on any atom is -0.352 e. The van der Waals surface area contributed by atoms with E-state index in [1.165, 1.54) is 0 Å². The molecule has 1 saturated heterocycles. The van der Waals surface area contributed by atoms with Crippen molar-refractivity contribution in [3.8, 4) is 0 Å². The highest BCUT2D eigenvalue weighted by Gasteiger charge is 2.26. The zero-order valence-electron chi connectivity index (χ0n) is 11.3. The molecule has 3 nitrogen and oxygen atoms in total. The Morgan fingerprint density at radius 2 is 1.94 bits per heavy atom. The number of hydrogen-bond acceptors (Lipinski definition) is 2. The Balaban J connectivity index is 2.39. The van der Waals surface area contributed by atoms with Crippen LogP contribution in [0.15, 0.2) is 0 Å². The van der Waals surface area contributed by atoms with Gasteiger partial charge in [0.05, 0.1) is 0 Å². The fourth-order valence-electron chi connectivity index (χ4n) is 2.26. The number of carbonyl (C=O) groups excluding carboxylic acids is 1. The summed E-state index contributed by atoms with van der Waals surface area (Å²) in [6.45, 7) is 10.6. The maximum Gasteiger partial charge on any atom is 0.220 e. The molecule has 16 heavy (non-hydrogen) atoms. The minimum absolute atomic E-state index is 0.0721. The predicted molar refractivity (Wildman–Crippen MR) is 67.3 cm³/mol. The SMILES string of the molecule is CC1CCC(NC(=O)CC(C)(C)C)C(C)N1. The van der Waals surface area contributed by atoms with Gasteiger partial charge < -0.3 is 10.6 Å². The monoisotopic (exact) mass is 226 g/mol. The third kappa shape index (κ3) is 4.52. The van der Waals surface area contributed by atoms with Crippen LogP contribution in [0, 0.1) is 5.41 Å². The van der Waals surface area contributed by atoms with E-state index in [0.29, 0.717) is 24.5 Å². The molecular weight excluding hydrogens is 200 g/mol. The van der Waals surface area contributed by atoms with E-state index in [4.69, 9.17) is 0 Å². The Hall–Kier alpha value is -0.570. The fraction of sp³-hybridized carbons (Fsp3) is 0.923. The van der Waals surface area contributed by atoms with Crippen LogP contribution < -0.4 is 10.6 Å². The first kappa shape index (κ1) is 13.5. The first-order valence-electron chi connectivity index (χ1n) is 6.33. The summed E-state index contributed by atoms with van der Waals surface area (Å²) in [5, 5.41) is 6.63. The van der Waals surface area contributed by atoms with Crippen LogP contribution in [-0.4, -0.2) is 24.0 Å². The third-order valence-corrected chi connectivity index (χ3v) is 3.10. The van der Waals surface area contributed by atoms with Crippen molar-refractivity contribution in [2.45, 2.75) is 72.0 Å². The fourth-order valence-corrected chi connectivity index (χ4v) is 2.26. The molecular formula is C13H26N2O. The summed E-state index contributed by atoms with van der Waals surface area (Å²) >= 11 is 0. The van der Waals surface area contributed by atoms with Crippen LogP contribution in [0.4, 0.5) is 0 Å². The summed E-state index contributed by atoms with van der Waals surface area (Å²) in [5.41, 5.74) is 0.0721. The highest BCUT2D eigenvalue weighted by atomic mass is 16.1. The Kier molecular flexibility index (Phi) is 4.36. The lowest BCUT2D eigenvalue weighted by Crippen LogP contribution is -2.55. The predicted octanol–water partition coefficient (Wildman–Crippen LogP) is 2.07. The molecule has 1 aliphatic heterocycles. The number of piperidine rings is 1. The molecule has 1 fully saturated rings. The molecule has 0 bridgehead atoms. The highest BCUT2D eigenvalue weighted by molar-refractivity contribution is 5.76. The molecule has 0 aromatic rings. The summed E-state index contributed by atoms with van der Waals surface area (Å²) in [6.07, 6.45) is 2.84. The molecule has 3 heteroatoms. The van der Waals surface area contributed by atoms with Gasteiger partial charge in [0.15, 0.2) is 0 Å². The second-order valence-electron chi connectivity index (χ2n) is 6.35. The Bertz CT molecular complexity index is 245. The smallest absolute Gasteiger partial charge is 0.220 e. The lowest BCUT2D eigenvalue weighted by molar-refractivity contribution is -0.123. The van der Waals surface area contributed by atoms with Gasteiger partial charge >= 0.3 is 0 Å². The van der Waals surface area contributed by atoms with E-state index in [0.717, 1.165) is 12.8 Å². The van der Waals surface area contributed by atoms with E-state index in [1.807, 2.05) is 0 Å². The number of rotatable bonds is 2. The van der Waals surface area contributed by atoms with Gasteiger partial charge in [-0.2, -0.15) is 0 Å². The molecule has 1 aliphatic rings. The average Bonchev–Trinajstić information content (AvgIpc) is 2.06. The first-order chi connectivity index (χ1) is 7.28. The van der Waals surface area contributed by atoms with Gasteiger partial charge in [0.2, 0.25) is 5.91 Å². The van der Waals surface area contributed by atoms with Crippen molar-refractivity contribution < 1.29 is 4.79 Å². The molecule has 2 N–H and O–H groups in total. The molecule has 1 rings (SSSR count). The molecule has 0 saturated carbocycles. The standard InChI is InChI=1S/C13H26N2O/c1-9-6-7-11(10(2)14-9)15-12(16)8-13(3,4)5/h9-11,14H,6-8H2,1-5H3,(H,15,16). The maximum atomic E-state index is 11.8. The van der Waals surface area contributed by atoms with Gasteiger partial charge in [-0.1, -0.05) is 20.8 Å². The quantitative estimate of drug-likeness (QED) is 0.757. The summed E-state index contributed by atoms with van der Waals surface area (Å²) in [4.78, 5) is 11.8. The maximum absolute atomic E-state index is 11.8. The van der Waals surface area contributed by atoms with Crippen molar-refractivity contribution in [1.82, 2.24) is 10.6 Å². The molecule has 0 aromatic heterocycles. The van der Waals surface area contributed by atoms with Crippen LogP contribution in [0.25, 0.3) is 0 Å². The zero-order chi connectivity index (χ0) is 12.3. The Labute approximate surface area is 99.4 Å². The minimum atomic E-state index is 0.0721. The largest absolute Gasteiger partial charge is 0.352 e. The van der Waals surface area contributed by atoms with Crippen LogP contribution in [0.5, 0.6) is 0 Å². The molecule has 1 heterocycles. The second-order valence-corrected chi connectivity index (χ2v) is 6.35. The average molecular weight is 226 g/mol. The van der Waals surface area contributed by atoms with E-state index >= 15 is 0 Å². The van der Waals surface area contributed by atoms with Gasteiger partial charge in [0, 0.05) is 24.5 Å². The zero-order valence-corrected chi connectivity index (χ0v) is 11.3. The van der Waals surface area contributed by atoms with Crippen molar-refractivity contribution in [2.24, 2.45) is 5.41 Å². The highest BCUT2D eigenvalue weighted by Crippen LogP contribution is 2.19. The summed E-state index contributed by atoms with van der Waals surface area (Å²) in [6, 6.07) is 1.25. The Morgan fingerprint density at radius 1 is 1.31 bits per heavy atom. The van der Waals surface area contributed by atoms with Gasteiger partial charge in [-0.05, 0) is 32.1 Å². The van der Waals surface area contributed by atoms with E-state index in [2.05, 4.69) is 45.3 Å². The molecule has 3 atom stereocenters. The van der Waals surface area contributed by atoms with Gasteiger partial charge in [-0.25, -0.2) is 0 Å². The van der Waals surface area contributed by atoms with Crippen molar-refractivity contribution in [2.75, 3.05) is 0 Å². The van der Waals surface area contributed by atoms with Crippen LogP contribution in [0.1, 0.15) is 53.9 Å². The van der Waals surface area contributed by atoms with Crippen molar-refractivity contribution in [3.63, 3.8) is 0 Å². The van der Waals surface area contributed by atoms with Crippen LogP contribution >= 0.6 is 0 Å². The van der Waals surface area contributed by atoms with E-state index in [9.17, 15) is 4.79 Å². The number of hydrogen-bond donors (Lipinski definition) is 2.